The van der Waals surface area contributed by atoms with Gasteiger partial charge in [-0.15, -0.1) is 0 Å². The van der Waals surface area contributed by atoms with Crippen molar-refractivity contribution < 1.29 is 9.18 Å². The molecule has 2 saturated heterocycles. The molecule has 142 valence electrons. The SMILES string of the molecule is CC(Nc1cc(N2CC[C@@H]3[C@H](C2)NC(=O)N3C)ncn1)c1ccccc1F. The van der Waals surface area contributed by atoms with Crippen LogP contribution in [0.3, 0.4) is 0 Å². The number of urea groups is 1. The summed E-state index contributed by atoms with van der Waals surface area (Å²) < 4.78 is 14.0. The lowest BCUT2D eigenvalue weighted by Crippen LogP contribution is -2.51. The number of amides is 2. The van der Waals surface area contributed by atoms with E-state index in [2.05, 4.69) is 25.5 Å². The van der Waals surface area contributed by atoms with Crippen LogP contribution in [0.5, 0.6) is 0 Å². The zero-order chi connectivity index (χ0) is 19.0. The lowest BCUT2D eigenvalue weighted by Gasteiger charge is -2.36. The molecular weight excluding hydrogens is 347 g/mol. The Bertz CT molecular complexity index is 846. The Morgan fingerprint density at radius 2 is 2.15 bits per heavy atom. The second-order valence-corrected chi connectivity index (χ2v) is 7.12. The number of nitrogens with one attached hydrogen (secondary N) is 2. The van der Waals surface area contributed by atoms with E-state index in [0.717, 1.165) is 18.8 Å². The van der Waals surface area contributed by atoms with Crippen LogP contribution < -0.4 is 15.5 Å². The number of hydrogen-bond donors (Lipinski definition) is 2. The Morgan fingerprint density at radius 1 is 1.33 bits per heavy atom. The van der Waals surface area contributed by atoms with Crippen molar-refractivity contribution in [3.05, 3.63) is 48.0 Å². The van der Waals surface area contributed by atoms with Crippen LogP contribution in [-0.4, -0.2) is 53.1 Å². The van der Waals surface area contributed by atoms with E-state index in [0.29, 0.717) is 17.9 Å². The van der Waals surface area contributed by atoms with Gasteiger partial charge in [0.2, 0.25) is 0 Å². The molecule has 2 fully saturated rings. The summed E-state index contributed by atoms with van der Waals surface area (Å²) in [6.45, 7) is 3.43. The van der Waals surface area contributed by atoms with E-state index < -0.39 is 0 Å². The lowest BCUT2D eigenvalue weighted by molar-refractivity contribution is 0.212. The third kappa shape index (κ3) is 3.39. The predicted molar refractivity (Wildman–Crippen MR) is 101 cm³/mol. The van der Waals surface area contributed by atoms with Gasteiger partial charge in [0.05, 0.1) is 18.1 Å². The molecule has 0 radical (unpaired) electrons. The topological polar surface area (TPSA) is 73.4 Å². The summed E-state index contributed by atoms with van der Waals surface area (Å²) in [4.78, 5) is 24.4. The van der Waals surface area contributed by atoms with Crippen molar-refractivity contribution in [2.45, 2.75) is 31.5 Å². The summed E-state index contributed by atoms with van der Waals surface area (Å²) in [7, 11) is 1.84. The van der Waals surface area contributed by atoms with Crippen molar-refractivity contribution in [2.24, 2.45) is 0 Å². The van der Waals surface area contributed by atoms with Crippen LogP contribution >= 0.6 is 0 Å². The number of halogens is 1. The van der Waals surface area contributed by atoms with Gasteiger partial charge in [-0.2, -0.15) is 0 Å². The Morgan fingerprint density at radius 3 is 2.96 bits per heavy atom. The lowest BCUT2D eigenvalue weighted by atomic mass is 10.0. The highest BCUT2D eigenvalue weighted by molar-refractivity contribution is 5.77. The van der Waals surface area contributed by atoms with Crippen LogP contribution in [0, 0.1) is 5.82 Å². The number of carbonyl (C=O) groups is 1. The maximum atomic E-state index is 14.0. The highest BCUT2D eigenvalue weighted by Crippen LogP contribution is 2.26. The summed E-state index contributed by atoms with van der Waals surface area (Å²) in [6.07, 6.45) is 2.40. The molecule has 27 heavy (non-hydrogen) atoms. The van der Waals surface area contributed by atoms with E-state index in [1.807, 2.05) is 26.1 Å². The maximum Gasteiger partial charge on any atom is 0.317 e. The fraction of sp³-hybridized carbons (Fsp3) is 0.421. The number of benzene rings is 1. The molecule has 0 aliphatic carbocycles. The normalized spacial score (nSPS) is 23.0. The van der Waals surface area contributed by atoms with E-state index >= 15 is 0 Å². The van der Waals surface area contributed by atoms with Crippen LogP contribution in [0.1, 0.15) is 24.9 Å². The van der Waals surface area contributed by atoms with Crippen molar-refractivity contribution in [1.82, 2.24) is 20.2 Å². The number of carbonyl (C=O) groups excluding carboxylic acids is 1. The molecule has 2 aromatic rings. The Labute approximate surface area is 157 Å². The van der Waals surface area contributed by atoms with E-state index in [1.54, 1.807) is 17.0 Å². The van der Waals surface area contributed by atoms with Crippen molar-refractivity contribution in [3.63, 3.8) is 0 Å². The van der Waals surface area contributed by atoms with Crippen molar-refractivity contribution in [2.75, 3.05) is 30.4 Å². The molecule has 0 bridgehead atoms. The molecule has 3 heterocycles. The van der Waals surface area contributed by atoms with Gasteiger partial charge in [-0.1, -0.05) is 18.2 Å². The highest BCUT2D eigenvalue weighted by atomic mass is 19.1. The van der Waals surface area contributed by atoms with Gasteiger partial charge in [0.25, 0.3) is 0 Å². The number of hydrogen-bond acceptors (Lipinski definition) is 5. The minimum Gasteiger partial charge on any atom is -0.363 e. The second-order valence-electron chi connectivity index (χ2n) is 7.12. The van der Waals surface area contributed by atoms with Gasteiger partial charge in [0.15, 0.2) is 0 Å². The average molecular weight is 370 g/mol. The third-order valence-corrected chi connectivity index (χ3v) is 5.42. The molecule has 7 nitrogen and oxygen atoms in total. The number of nitrogens with zero attached hydrogens (tertiary/aromatic N) is 4. The first-order chi connectivity index (χ1) is 13.0. The summed E-state index contributed by atoms with van der Waals surface area (Å²) in [5, 5.41) is 6.27. The molecular formula is C19H23FN6O. The summed E-state index contributed by atoms with van der Waals surface area (Å²) in [5.41, 5.74) is 0.593. The first-order valence-corrected chi connectivity index (χ1v) is 9.14. The first-order valence-electron chi connectivity index (χ1n) is 9.14. The first kappa shape index (κ1) is 17.5. The van der Waals surface area contributed by atoms with E-state index in [4.69, 9.17) is 0 Å². The van der Waals surface area contributed by atoms with Gasteiger partial charge in [0, 0.05) is 31.8 Å². The maximum absolute atomic E-state index is 14.0. The fourth-order valence-electron chi connectivity index (χ4n) is 3.89. The van der Waals surface area contributed by atoms with Crippen molar-refractivity contribution in [1.29, 1.82) is 0 Å². The third-order valence-electron chi connectivity index (χ3n) is 5.42. The molecule has 1 aromatic carbocycles. The number of rotatable bonds is 4. The van der Waals surface area contributed by atoms with Crippen molar-refractivity contribution in [3.8, 4) is 0 Å². The molecule has 0 saturated carbocycles. The number of likely N-dealkylation sites (N-methyl/N-ethyl adjacent to an activating group) is 1. The van der Waals surface area contributed by atoms with Gasteiger partial charge in [0.1, 0.15) is 23.8 Å². The number of piperidine rings is 1. The number of fused-ring (bicyclic) bond motifs is 1. The zero-order valence-corrected chi connectivity index (χ0v) is 15.4. The molecule has 3 atom stereocenters. The minimum absolute atomic E-state index is 0.0180. The van der Waals surface area contributed by atoms with Gasteiger partial charge in [-0.3, -0.25) is 0 Å². The monoisotopic (exact) mass is 370 g/mol. The smallest absolute Gasteiger partial charge is 0.317 e. The van der Waals surface area contributed by atoms with Crippen LogP contribution in [0.2, 0.25) is 0 Å². The van der Waals surface area contributed by atoms with Gasteiger partial charge in [-0.05, 0) is 19.4 Å². The molecule has 8 heteroatoms. The highest BCUT2D eigenvalue weighted by Gasteiger charge is 2.40. The van der Waals surface area contributed by atoms with Crippen LogP contribution in [0.25, 0.3) is 0 Å². The predicted octanol–water partition coefficient (Wildman–Crippen LogP) is 2.39. The molecule has 1 aromatic heterocycles. The average Bonchev–Trinajstić information content (AvgIpc) is 2.95. The number of anilines is 2. The molecule has 2 N–H and O–H groups in total. The molecule has 2 aliphatic rings. The van der Waals surface area contributed by atoms with Gasteiger partial charge in [-0.25, -0.2) is 19.2 Å². The largest absolute Gasteiger partial charge is 0.363 e. The quantitative estimate of drug-likeness (QED) is 0.865. The standard InChI is InChI=1S/C19H23FN6O/c1-12(13-5-3-4-6-14(13)20)23-17-9-18(22-11-21-17)26-8-7-16-15(10-26)24-19(27)25(16)2/h3-6,9,11-12,15-16H,7-8,10H2,1-2H3,(H,24,27)(H,21,22,23)/t12?,15-,16+/m0/s1. The van der Waals surface area contributed by atoms with Crippen LogP contribution in [0.15, 0.2) is 36.7 Å². The number of aromatic nitrogens is 2. The van der Waals surface area contributed by atoms with Crippen LogP contribution in [-0.2, 0) is 0 Å². The minimum atomic E-state index is -0.241. The zero-order valence-electron chi connectivity index (χ0n) is 15.4. The molecule has 2 aliphatic heterocycles. The summed E-state index contributed by atoms with van der Waals surface area (Å²) >= 11 is 0. The Balaban J connectivity index is 1.47. The fourth-order valence-corrected chi connectivity index (χ4v) is 3.89. The Kier molecular flexibility index (Phi) is 4.55. The Hall–Kier alpha value is -2.90. The van der Waals surface area contributed by atoms with Gasteiger partial charge >= 0.3 is 6.03 Å². The van der Waals surface area contributed by atoms with E-state index in [1.165, 1.54) is 12.4 Å². The molecule has 2 amide bonds. The molecule has 4 rings (SSSR count). The van der Waals surface area contributed by atoms with Crippen LogP contribution in [0.4, 0.5) is 20.8 Å². The van der Waals surface area contributed by atoms with Gasteiger partial charge < -0.3 is 20.4 Å². The molecule has 1 unspecified atom stereocenters. The summed E-state index contributed by atoms with van der Waals surface area (Å²) in [5.74, 6) is 1.20. The summed E-state index contributed by atoms with van der Waals surface area (Å²) in [6, 6.07) is 8.68. The molecule has 0 spiro atoms. The van der Waals surface area contributed by atoms with E-state index in [-0.39, 0.29) is 30.0 Å². The van der Waals surface area contributed by atoms with Crippen molar-refractivity contribution >= 4 is 17.7 Å². The second kappa shape index (κ2) is 7.02. The van der Waals surface area contributed by atoms with E-state index in [9.17, 15) is 9.18 Å².